The van der Waals surface area contributed by atoms with E-state index in [4.69, 9.17) is 11.5 Å². The summed E-state index contributed by atoms with van der Waals surface area (Å²) in [7, 11) is 0. The number of anilines is 1. The number of hydrogen-bond acceptors (Lipinski definition) is 3. The normalized spacial score (nSPS) is 21.7. The van der Waals surface area contributed by atoms with Crippen LogP contribution in [0.4, 0.5) is 5.69 Å². The molecule has 0 aliphatic carbocycles. The molecular formula is C14H21N3O. The second-order valence-electron chi connectivity index (χ2n) is 5.03. The number of carbonyl (C=O) groups excluding carboxylic acids is 1. The van der Waals surface area contributed by atoms with Gasteiger partial charge >= 0.3 is 0 Å². The van der Waals surface area contributed by atoms with Crippen LogP contribution < -0.4 is 16.4 Å². The summed E-state index contributed by atoms with van der Waals surface area (Å²) >= 11 is 0. The minimum Gasteiger partial charge on any atom is -0.367 e. The molecule has 2 rings (SSSR count). The lowest BCUT2D eigenvalue weighted by Gasteiger charge is -2.39. The van der Waals surface area contributed by atoms with Crippen LogP contribution in [0.5, 0.6) is 0 Å². The second kappa shape index (κ2) is 5.40. The van der Waals surface area contributed by atoms with Gasteiger partial charge in [0.15, 0.2) is 0 Å². The van der Waals surface area contributed by atoms with Crippen molar-refractivity contribution in [2.45, 2.75) is 38.3 Å². The summed E-state index contributed by atoms with van der Waals surface area (Å²) in [5, 5.41) is 0. The van der Waals surface area contributed by atoms with Crippen molar-refractivity contribution in [3.63, 3.8) is 0 Å². The Morgan fingerprint density at radius 2 is 2.00 bits per heavy atom. The molecule has 4 nitrogen and oxygen atoms in total. The number of piperidine rings is 1. The molecule has 1 aliphatic rings. The summed E-state index contributed by atoms with van der Waals surface area (Å²) in [4.78, 5) is 13.4. The van der Waals surface area contributed by atoms with E-state index < -0.39 is 0 Å². The van der Waals surface area contributed by atoms with Crippen LogP contribution >= 0.6 is 0 Å². The summed E-state index contributed by atoms with van der Waals surface area (Å²) in [5.74, 6) is -0.385. The Labute approximate surface area is 108 Å². The fourth-order valence-corrected chi connectivity index (χ4v) is 2.64. The van der Waals surface area contributed by atoms with Crippen LogP contribution in [-0.2, 0) is 0 Å². The van der Waals surface area contributed by atoms with Crippen LogP contribution in [0, 0.1) is 0 Å². The molecule has 1 aromatic carbocycles. The van der Waals surface area contributed by atoms with Gasteiger partial charge in [0.2, 0.25) is 5.91 Å². The maximum atomic E-state index is 11.0. The number of carbonyl (C=O) groups is 1. The van der Waals surface area contributed by atoms with Gasteiger partial charge in [-0.15, -0.1) is 0 Å². The predicted molar refractivity (Wildman–Crippen MR) is 73.6 cm³/mol. The van der Waals surface area contributed by atoms with Crippen LogP contribution in [0.15, 0.2) is 24.3 Å². The molecule has 0 spiro atoms. The monoisotopic (exact) mass is 247 g/mol. The van der Waals surface area contributed by atoms with Gasteiger partial charge in [0.05, 0.1) is 0 Å². The van der Waals surface area contributed by atoms with E-state index in [0.717, 1.165) is 18.7 Å². The van der Waals surface area contributed by atoms with Gasteiger partial charge in [-0.1, -0.05) is 0 Å². The Kier molecular flexibility index (Phi) is 3.87. The average Bonchev–Trinajstić information content (AvgIpc) is 2.39. The van der Waals surface area contributed by atoms with E-state index in [9.17, 15) is 4.79 Å². The third-order valence-corrected chi connectivity index (χ3v) is 3.64. The van der Waals surface area contributed by atoms with Crippen molar-refractivity contribution >= 4 is 11.6 Å². The first-order valence-electron chi connectivity index (χ1n) is 6.51. The zero-order valence-electron chi connectivity index (χ0n) is 10.8. The molecule has 0 aromatic heterocycles. The average molecular weight is 247 g/mol. The van der Waals surface area contributed by atoms with Gasteiger partial charge in [0.1, 0.15) is 0 Å². The number of nitrogens with two attached hydrogens (primary N) is 2. The first-order valence-corrected chi connectivity index (χ1v) is 6.51. The van der Waals surface area contributed by atoms with Gasteiger partial charge in [-0.05, 0) is 50.5 Å². The van der Waals surface area contributed by atoms with Gasteiger partial charge in [-0.3, -0.25) is 4.79 Å². The van der Waals surface area contributed by atoms with Crippen LogP contribution in [-0.4, -0.2) is 24.5 Å². The minimum absolute atomic E-state index is 0.154. The lowest BCUT2D eigenvalue weighted by Crippen LogP contribution is -2.49. The molecule has 0 bridgehead atoms. The molecule has 98 valence electrons. The van der Waals surface area contributed by atoms with Crippen molar-refractivity contribution in [2.75, 3.05) is 11.4 Å². The molecule has 1 saturated heterocycles. The first kappa shape index (κ1) is 12.9. The molecule has 4 heteroatoms. The molecule has 1 aliphatic heterocycles. The zero-order chi connectivity index (χ0) is 13.1. The Bertz CT molecular complexity index is 414. The SMILES string of the molecule is CC(N)C1CCCCN1c1ccc(C(N)=O)cc1. The topological polar surface area (TPSA) is 72.3 Å². The lowest BCUT2D eigenvalue weighted by molar-refractivity contribution is 0.100. The largest absolute Gasteiger partial charge is 0.367 e. The van der Waals surface area contributed by atoms with E-state index in [-0.39, 0.29) is 11.9 Å². The van der Waals surface area contributed by atoms with Crippen molar-refractivity contribution < 1.29 is 4.79 Å². The minimum atomic E-state index is -0.385. The number of amides is 1. The smallest absolute Gasteiger partial charge is 0.248 e. The molecular weight excluding hydrogens is 226 g/mol. The number of benzene rings is 1. The van der Waals surface area contributed by atoms with Crippen LogP contribution in [0.1, 0.15) is 36.5 Å². The van der Waals surface area contributed by atoms with Crippen LogP contribution in [0.3, 0.4) is 0 Å². The van der Waals surface area contributed by atoms with Crippen molar-refractivity contribution in [3.8, 4) is 0 Å². The number of primary amides is 1. The van der Waals surface area contributed by atoms with E-state index >= 15 is 0 Å². The molecule has 18 heavy (non-hydrogen) atoms. The van der Waals surface area contributed by atoms with Crippen LogP contribution in [0.2, 0.25) is 0 Å². The van der Waals surface area contributed by atoms with E-state index in [0.29, 0.717) is 11.6 Å². The highest BCUT2D eigenvalue weighted by atomic mass is 16.1. The zero-order valence-corrected chi connectivity index (χ0v) is 10.8. The van der Waals surface area contributed by atoms with Gasteiger partial charge in [0, 0.05) is 29.9 Å². The van der Waals surface area contributed by atoms with Crippen molar-refractivity contribution in [3.05, 3.63) is 29.8 Å². The summed E-state index contributed by atoms with van der Waals surface area (Å²) < 4.78 is 0. The third-order valence-electron chi connectivity index (χ3n) is 3.64. The first-order chi connectivity index (χ1) is 8.59. The summed E-state index contributed by atoms with van der Waals surface area (Å²) in [6.07, 6.45) is 3.57. The van der Waals surface area contributed by atoms with E-state index in [1.807, 2.05) is 12.1 Å². The number of rotatable bonds is 3. The molecule has 2 atom stereocenters. The highest BCUT2D eigenvalue weighted by Gasteiger charge is 2.25. The Hall–Kier alpha value is -1.55. The standard InChI is InChI=1S/C14H21N3O/c1-10(15)13-4-2-3-9-17(13)12-7-5-11(6-8-12)14(16)18/h5-8,10,13H,2-4,9,15H2,1H3,(H2,16,18). The van der Waals surface area contributed by atoms with E-state index in [1.165, 1.54) is 12.8 Å². The molecule has 1 fully saturated rings. The van der Waals surface area contributed by atoms with Gasteiger partial charge in [-0.2, -0.15) is 0 Å². The molecule has 1 heterocycles. The van der Waals surface area contributed by atoms with Gasteiger partial charge in [0.25, 0.3) is 0 Å². The van der Waals surface area contributed by atoms with Crippen molar-refractivity contribution in [1.82, 2.24) is 0 Å². The molecule has 1 amide bonds. The van der Waals surface area contributed by atoms with Gasteiger partial charge in [-0.25, -0.2) is 0 Å². The predicted octanol–water partition coefficient (Wildman–Crippen LogP) is 1.49. The number of hydrogen-bond donors (Lipinski definition) is 2. The van der Waals surface area contributed by atoms with Crippen molar-refractivity contribution in [1.29, 1.82) is 0 Å². The summed E-state index contributed by atoms with van der Waals surface area (Å²) in [5.41, 5.74) is 13.0. The molecule has 4 N–H and O–H groups in total. The fourth-order valence-electron chi connectivity index (χ4n) is 2.64. The quantitative estimate of drug-likeness (QED) is 0.850. The highest BCUT2D eigenvalue weighted by molar-refractivity contribution is 5.93. The fraction of sp³-hybridized carbons (Fsp3) is 0.500. The molecule has 1 aromatic rings. The van der Waals surface area contributed by atoms with E-state index in [2.05, 4.69) is 11.8 Å². The maximum absolute atomic E-state index is 11.0. The van der Waals surface area contributed by atoms with Crippen LogP contribution in [0.25, 0.3) is 0 Å². The van der Waals surface area contributed by atoms with E-state index in [1.54, 1.807) is 12.1 Å². The Morgan fingerprint density at radius 3 is 2.56 bits per heavy atom. The summed E-state index contributed by atoms with van der Waals surface area (Å²) in [6.45, 7) is 3.09. The molecule has 0 radical (unpaired) electrons. The number of nitrogens with zero attached hydrogens (tertiary/aromatic N) is 1. The summed E-state index contributed by atoms with van der Waals surface area (Å²) in [6, 6.07) is 8.02. The molecule has 2 unspecified atom stereocenters. The maximum Gasteiger partial charge on any atom is 0.248 e. The Morgan fingerprint density at radius 1 is 1.33 bits per heavy atom. The third kappa shape index (κ3) is 2.64. The van der Waals surface area contributed by atoms with Crippen molar-refractivity contribution in [2.24, 2.45) is 11.5 Å². The second-order valence-corrected chi connectivity index (χ2v) is 5.03. The van der Waals surface area contributed by atoms with Gasteiger partial charge < -0.3 is 16.4 Å². The Balaban J connectivity index is 2.20. The lowest BCUT2D eigenvalue weighted by atomic mass is 9.96. The highest BCUT2D eigenvalue weighted by Crippen LogP contribution is 2.26. The molecule has 0 saturated carbocycles.